The number of benzene rings is 2. The van der Waals surface area contributed by atoms with Gasteiger partial charge in [-0.15, -0.1) is 0 Å². The summed E-state index contributed by atoms with van der Waals surface area (Å²) in [7, 11) is 5.57. The third-order valence-corrected chi connectivity index (χ3v) is 6.21. The second-order valence-electron chi connectivity index (χ2n) is 8.99. The average Bonchev–Trinajstić information content (AvgIpc) is 3.13. The lowest BCUT2D eigenvalue weighted by Crippen LogP contribution is -3.05. The van der Waals surface area contributed by atoms with Crippen molar-refractivity contribution in [2.45, 2.75) is 19.4 Å². The van der Waals surface area contributed by atoms with E-state index in [1.165, 1.54) is 16.9 Å². The normalized spacial score (nSPS) is 18.6. The van der Waals surface area contributed by atoms with Crippen molar-refractivity contribution in [2.24, 2.45) is 0 Å². The molecular weight excluding hydrogens is 464 g/mol. The van der Waals surface area contributed by atoms with Crippen LogP contribution in [0.1, 0.15) is 30.5 Å². The van der Waals surface area contributed by atoms with E-state index in [-0.39, 0.29) is 11.1 Å². The van der Waals surface area contributed by atoms with Crippen molar-refractivity contribution in [1.29, 1.82) is 0 Å². The molecule has 1 amide bonds. The number of ketones is 1. The van der Waals surface area contributed by atoms with Gasteiger partial charge in [-0.3, -0.25) is 9.59 Å². The highest BCUT2D eigenvalue weighted by Crippen LogP contribution is 2.42. The average molecular weight is 497 g/mol. The van der Waals surface area contributed by atoms with Crippen LogP contribution in [0.3, 0.4) is 0 Å². The Labute approximate surface area is 210 Å². The molecule has 2 aromatic rings. The van der Waals surface area contributed by atoms with Crippen LogP contribution in [-0.4, -0.2) is 70.7 Å². The van der Waals surface area contributed by atoms with E-state index in [0.29, 0.717) is 61.3 Å². The van der Waals surface area contributed by atoms with Gasteiger partial charge in [0.2, 0.25) is 5.78 Å². The van der Waals surface area contributed by atoms with Crippen LogP contribution in [0.5, 0.6) is 23.0 Å². The van der Waals surface area contributed by atoms with Gasteiger partial charge in [0, 0.05) is 18.5 Å². The molecule has 2 heterocycles. The van der Waals surface area contributed by atoms with Crippen molar-refractivity contribution in [3.63, 3.8) is 0 Å². The summed E-state index contributed by atoms with van der Waals surface area (Å²) in [6.45, 7) is 4.27. The second-order valence-corrected chi connectivity index (χ2v) is 8.99. The fourth-order valence-corrected chi connectivity index (χ4v) is 4.52. The maximum Gasteiger partial charge on any atom is 0.295 e. The first kappa shape index (κ1) is 25.4. The van der Waals surface area contributed by atoms with E-state index in [1.807, 2.05) is 21.0 Å². The molecule has 0 aromatic heterocycles. The van der Waals surface area contributed by atoms with Crippen molar-refractivity contribution in [3.05, 3.63) is 53.1 Å². The Balaban J connectivity index is 1.81. The minimum atomic E-state index is -0.840. The molecule has 2 aliphatic rings. The van der Waals surface area contributed by atoms with Gasteiger partial charge in [0.1, 0.15) is 13.2 Å². The van der Waals surface area contributed by atoms with Crippen molar-refractivity contribution in [2.75, 3.05) is 54.1 Å². The maximum atomic E-state index is 13.7. The number of quaternary nitrogens is 1. The van der Waals surface area contributed by atoms with Crippen molar-refractivity contribution >= 4 is 17.4 Å². The van der Waals surface area contributed by atoms with Gasteiger partial charge in [-0.05, 0) is 42.3 Å². The van der Waals surface area contributed by atoms with Crippen LogP contribution in [0.15, 0.2) is 42.0 Å². The van der Waals surface area contributed by atoms with Gasteiger partial charge in [-0.2, -0.15) is 0 Å². The Kier molecular flexibility index (Phi) is 7.69. The van der Waals surface area contributed by atoms with Crippen molar-refractivity contribution in [3.8, 4) is 23.0 Å². The zero-order chi connectivity index (χ0) is 25.8. The SMILES string of the molecule is CCOc1ccc(C2C(=C([O-])c3ccc4c(c3)OCCO4)C(=O)C(=O)N2CCC[NH+](C)C)cc1OC. The minimum Gasteiger partial charge on any atom is -0.872 e. The number of ether oxygens (including phenoxy) is 4. The largest absolute Gasteiger partial charge is 0.872 e. The van der Waals surface area contributed by atoms with Crippen molar-refractivity contribution in [1.82, 2.24) is 4.90 Å². The van der Waals surface area contributed by atoms with E-state index < -0.39 is 23.5 Å². The molecule has 1 unspecified atom stereocenters. The van der Waals surface area contributed by atoms with Crippen LogP contribution < -0.4 is 29.0 Å². The minimum absolute atomic E-state index is 0.0832. The zero-order valence-electron chi connectivity index (χ0n) is 21.1. The van der Waals surface area contributed by atoms with E-state index in [4.69, 9.17) is 18.9 Å². The number of likely N-dealkylation sites (tertiary alicyclic amines) is 1. The number of hydrogen-bond acceptors (Lipinski definition) is 7. The molecule has 1 saturated heterocycles. The predicted octanol–water partition coefficient (Wildman–Crippen LogP) is 0.624. The van der Waals surface area contributed by atoms with Gasteiger partial charge in [0.15, 0.2) is 23.0 Å². The van der Waals surface area contributed by atoms with Crippen LogP contribution >= 0.6 is 0 Å². The Morgan fingerprint density at radius 1 is 1.08 bits per heavy atom. The van der Waals surface area contributed by atoms with Crippen LogP contribution in [-0.2, 0) is 9.59 Å². The number of rotatable bonds is 9. The molecule has 0 aliphatic carbocycles. The van der Waals surface area contributed by atoms with E-state index in [1.54, 1.807) is 36.4 Å². The molecule has 192 valence electrons. The summed E-state index contributed by atoms with van der Waals surface area (Å²) in [6, 6.07) is 9.19. The molecule has 1 atom stereocenters. The van der Waals surface area contributed by atoms with E-state index >= 15 is 0 Å². The fourth-order valence-electron chi connectivity index (χ4n) is 4.52. The number of nitrogens with one attached hydrogen (secondary N) is 1. The predicted molar refractivity (Wildman–Crippen MR) is 130 cm³/mol. The summed E-state index contributed by atoms with van der Waals surface area (Å²) in [5, 5.41) is 13.7. The first-order valence-corrected chi connectivity index (χ1v) is 12.1. The van der Waals surface area contributed by atoms with Crippen LogP contribution in [0.25, 0.3) is 5.76 Å². The summed E-state index contributed by atoms with van der Waals surface area (Å²) in [6.07, 6.45) is 0.678. The number of amides is 1. The zero-order valence-corrected chi connectivity index (χ0v) is 21.1. The quantitative estimate of drug-likeness (QED) is 0.309. The highest BCUT2D eigenvalue weighted by molar-refractivity contribution is 6.46. The molecule has 0 radical (unpaired) electrons. The lowest BCUT2D eigenvalue weighted by atomic mass is 9.94. The fraction of sp³-hybridized carbons (Fsp3) is 0.407. The third kappa shape index (κ3) is 4.97. The molecular formula is C27H32N2O7. The van der Waals surface area contributed by atoms with Crippen molar-refractivity contribution < 1.29 is 38.5 Å². The van der Waals surface area contributed by atoms with Gasteiger partial charge in [0.05, 0.1) is 40.4 Å². The topological polar surface area (TPSA) is 102 Å². The smallest absolute Gasteiger partial charge is 0.295 e. The monoisotopic (exact) mass is 496 g/mol. The molecule has 2 aromatic carbocycles. The molecule has 4 rings (SSSR count). The molecule has 2 aliphatic heterocycles. The number of fused-ring (bicyclic) bond motifs is 1. The molecule has 9 heteroatoms. The molecule has 0 bridgehead atoms. The Morgan fingerprint density at radius 2 is 1.83 bits per heavy atom. The first-order valence-electron chi connectivity index (χ1n) is 12.1. The molecule has 0 spiro atoms. The van der Waals surface area contributed by atoms with Gasteiger partial charge < -0.3 is 33.9 Å². The summed E-state index contributed by atoms with van der Waals surface area (Å²) in [5.41, 5.74) is 0.783. The number of hydrogen-bond donors (Lipinski definition) is 1. The van der Waals surface area contributed by atoms with Gasteiger partial charge in [-0.1, -0.05) is 17.9 Å². The number of methoxy groups -OCH3 is 1. The summed E-state index contributed by atoms with van der Waals surface area (Å²) >= 11 is 0. The van der Waals surface area contributed by atoms with Crippen LogP contribution in [0.2, 0.25) is 0 Å². The van der Waals surface area contributed by atoms with Crippen LogP contribution in [0, 0.1) is 0 Å². The molecule has 1 fully saturated rings. The number of carbonyl (C=O) groups excluding carboxylic acids is 2. The Bertz CT molecular complexity index is 1170. The van der Waals surface area contributed by atoms with Gasteiger partial charge in [-0.25, -0.2) is 0 Å². The first-order chi connectivity index (χ1) is 17.3. The summed E-state index contributed by atoms with van der Waals surface area (Å²) in [4.78, 5) is 29.1. The third-order valence-electron chi connectivity index (χ3n) is 6.21. The van der Waals surface area contributed by atoms with E-state index in [0.717, 1.165) is 6.54 Å². The summed E-state index contributed by atoms with van der Waals surface area (Å²) < 4.78 is 22.3. The number of carbonyl (C=O) groups is 2. The highest BCUT2D eigenvalue weighted by atomic mass is 16.6. The molecule has 1 N–H and O–H groups in total. The number of nitrogens with zero attached hydrogens (tertiary/aromatic N) is 1. The molecule has 9 nitrogen and oxygen atoms in total. The Morgan fingerprint density at radius 3 is 2.53 bits per heavy atom. The lowest BCUT2D eigenvalue weighted by molar-refractivity contribution is -0.858. The van der Waals surface area contributed by atoms with E-state index in [2.05, 4.69) is 0 Å². The maximum absolute atomic E-state index is 13.7. The molecule has 0 saturated carbocycles. The number of Topliss-reactive ketones (excluding diaryl/α,β-unsaturated/α-hetero) is 1. The van der Waals surface area contributed by atoms with Gasteiger partial charge >= 0.3 is 0 Å². The standard InChI is InChI=1S/C27H32N2O7/c1-5-34-19-9-7-17(15-21(19)33-4)24-23(26(31)27(32)29(24)12-6-11-28(2)3)25(30)18-8-10-20-22(16-18)36-14-13-35-20/h7-10,15-16,24,30H,5-6,11-14H2,1-4H3. The summed E-state index contributed by atoms with van der Waals surface area (Å²) in [5.74, 6) is 0.00925. The second kappa shape index (κ2) is 10.9. The van der Waals surface area contributed by atoms with E-state index in [9.17, 15) is 14.7 Å². The molecule has 36 heavy (non-hydrogen) atoms. The van der Waals surface area contributed by atoms with Crippen LogP contribution in [0.4, 0.5) is 0 Å². The Hall–Kier alpha value is -3.72. The highest BCUT2D eigenvalue weighted by Gasteiger charge is 2.44. The van der Waals surface area contributed by atoms with Gasteiger partial charge in [0.25, 0.3) is 5.91 Å². The lowest BCUT2D eigenvalue weighted by Gasteiger charge is -2.28.